The van der Waals surface area contributed by atoms with Gasteiger partial charge >= 0.3 is 0 Å². The quantitative estimate of drug-likeness (QED) is 0.851. The lowest BCUT2D eigenvalue weighted by molar-refractivity contribution is 0.0663. The molecule has 88 valence electrons. The Bertz CT molecular complexity index is 415. The second-order valence-electron chi connectivity index (χ2n) is 5.01. The summed E-state index contributed by atoms with van der Waals surface area (Å²) in [6.07, 6.45) is 0.985. The zero-order chi connectivity index (χ0) is 11.9. The molecule has 2 rings (SSSR count). The fourth-order valence-corrected chi connectivity index (χ4v) is 2.89. The maximum atomic E-state index is 6.09. The van der Waals surface area contributed by atoms with Gasteiger partial charge in [0.05, 0.1) is 0 Å². The number of aryl methyl sites for hydroxylation is 1. The molecule has 2 nitrogen and oxygen atoms in total. The number of hydrogen-bond acceptors (Lipinski definition) is 2. The van der Waals surface area contributed by atoms with Crippen molar-refractivity contribution in [3.05, 3.63) is 27.7 Å². The molecule has 0 aliphatic carbocycles. The van der Waals surface area contributed by atoms with E-state index in [1.54, 1.807) is 0 Å². The van der Waals surface area contributed by atoms with Gasteiger partial charge < -0.3 is 10.1 Å². The third-order valence-electron chi connectivity index (χ3n) is 3.11. The van der Waals surface area contributed by atoms with Crippen LogP contribution in [0.4, 0.5) is 0 Å². The molecule has 1 aromatic rings. The van der Waals surface area contributed by atoms with Gasteiger partial charge in [0.25, 0.3) is 0 Å². The number of rotatable bonds is 1. The number of ether oxygens (including phenoxy) is 1. The molecular weight excluding hydrogens is 266 g/mol. The molecule has 0 amide bonds. The first-order valence-electron chi connectivity index (χ1n) is 5.60. The lowest BCUT2D eigenvalue weighted by Crippen LogP contribution is -2.39. The van der Waals surface area contributed by atoms with Crippen LogP contribution < -0.4 is 10.1 Å². The Balaban J connectivity index is 2.58. The lowest BCUT2D eigenvalue weighted by atomic mass is 9.88. The fourth-order valence-electron chi connectivity index (χ4n) is 2.30. The molecule has 1 atom stereocenters. The molecule has 0 fully saturated rings. The van der Waals surface area contributed by atoms with Gasteiger partial charge in [0.15, 0.2) is 0 Å². The van der Waals surface area contributed by atoms with Crippen molar-refractivity contribution in [3.8, 4) is 5.75 Å². The van der Waals surface area contributed by atoms with Gasteiger partial charge in [-0.2, -0.15) is 0 Å². The first-order valence-corrected chi connectivity index (χ1v) is 6.39. The van der Waals surface area contributed by atoms with E-state index in [9.17, 15) is 0 Å². The highest BCUT2D eigenvalue weighted by Crippen LogP contribution is 2.44. The molecule has 1 aliphatic heterocycles. The second-order valence-corrected chi connectivity index (χ2v) is 5.87. The van der Waals surface area contributed by atoms with Crippen molar-refractivity contribution in [1.82, 2.24) is 5.32 Å². The minimum atomic E-state index is -0.105. The summed E-state index contributed by atoms with van der Waals surface area (Å²) < 4.78 is 7.22. The molecule has 3 heteroatoms. The molecule has 16 heavy (non-hydrogen) atoms. The van der Waals surface area contributed by atoms with E-state index in [2.05, 4.69) is 54.2 Å². The zero-order valence-electron chi connectivity index (χ0n) is 10.2. The van der Waals surface area contributed by atoms with E-state index in [0.29, 0.717) is 6.04 Å². The highest BCUT2D eigenvalue weighted by molar-refractivity contribution is 9.10. The summed E-state index contributed by atoms with van der Waals surface area (Å²) in [7, 11) is 2.00. The van der Waals surface area contributed by atoms with E-state index >= 15 is 0 Å². The standard InChI is InChI=1S/C13H18BrNO/c1-8-5-6-9(14)11-10(15-4)7-13(2,3)16-12(8)11/h5-6,10,15H,7H2,1-4H3. The molecule has 0 saturated carbocycles. The van der Waals surface area contributed by atoms with Crippen molar-refractivity contribution in [3.63, 3.8) is 0 Å². The topological polar surface area (TPSA) is 21.3 Å². The Morgan fingerprint density at radius 3 is 2.75 bits per heavy atom. The van der Waals surface area contributed by atoms with Gasteiger partial charge in [0, 0.05) is 22.5 Å². The van der Waals surface area contributed by atoms with Crippen LogP contribution >= 0.6 is 15.9 Å². The Morgan fingerprint density at radius 1 is 1.44 bits per heavy atom. The van der Waals surface area contributed by atoms with Gasteiger partial charge in [0.1, 0.15) is 11.4 Å². The second kappa shape index (κ2) is 4.04. The maximum Gasteiger partial charge on any atom is 0.128 e. The number of halogens is 1. The molecule has 1 unspecified atom stereocenters. The Hall–Kier alpha value is -0.540. The first kappa shape index (κ1) is 11.9. The maximum absolute atomic E-state index is 6.09. The van der Waals surface area contributed by atoms with Crippen LogP contribution in [-0.4, -0.2) is 12.6 Å². The summed E-state index contributed by atoms with van der Waals surface area (Å²) in [5.41, 5.74) is 2.35. The molecule has 0 aromatic heterocycles. The Kier molecular flexibility index (Phi) is 3.01. The van der Waals surface area contributed by atoms with Crippen LogP contribution in [0.5, 0.6) is 5.75 Å². The molecule has 0 saturated heterocycles. The summed E-state index contributed by atoms with van der Waals surface area (Å²) >= 11 is 3.61. The number of fused-ring (bicyclic) bond motifs is 1. The first-order chi connectivity index (χ1) is 7.44. The zero-order valence-corrected chi connectivity index (χ0v) is 11.8. The molecule has 0 spiro atoms. The molecular formula is C13H18BrNO. The van der Waals surface area contributed by atoms with Crippen molar-refractivity contribution in [2.24, 2.45) is 0 Å². The van der Waals surface area contributed by atoms with Gasteiger partial charge in [-0.15, -0.1) is 0 Å². The van der Waals surface area contributed by atoms with Crippen molar-refractivity contribution in [2.45, 2.75) is 38.8 Å². The predicted octanol–water partition coefficient (Wildman–Crippen LogP) is 3.58. The van der Waals surface area contributed by atoms with Crippen LogP contribution in [0.25, 0.3) is 0 Å². The smallest absolute Gasteiger partial charge is 0.128 e. The van der Waals surface area contributed by atoms with Gasteiger partial charge in [-0.3, -0.25) is 0 Å². The van der Waals surface area contributed by atoms with E-state index < -0.39 is 0 Å². The third kappa shape index (κ3) is 1.98. The van der Waals surface area contributed by atoms with Crippen molar-refractivity contribution in [1.29, 1.82) is 0 Å². The van der Waals surface area contributed by atoms with Crippen LogP contribution in [0.3, 0.4) is 0 Å². The normalized spacial score (nSPS) is 22.4. The monoisotopic (exact) mass is 283 g/mol. The highest BCUT2D eigenvalue weighted by atomic mass is 79.9. The van der Waals surface area contributed by atoms with Crippen LogP contribution in [0, 0.1) is 6.92 Å². The van der Waals surface area contributed by atoms with Gasteiger partial charge in [-0.1, -0.05) is 22.0 Å². The van der Waals surface area contributed by atoms with Crippen LogP contribution in [0.2, 0.25) is 0 Å². The van der Waals surface area contributed by atoms with E-state index in [1.807, 2.05) is 7.05 Å². The van der Waals surface area contributed by atoms with E-state index in [0.717, 1.165) is 16.6 Å². The summed E-state index contributed by atoms with van der Waals surface area (Å²) in [5.74, 6) is 1.03. The third-order valence-corrected chi connectivity index (χ3v) is 3.80. The lowest BCUT2D eigenvalue weighted by Gasteiger charge is -2.38. The molecule has 1 N–H and O–H groups in total. The average Bonchev–Trinajstić information content (AvgIpc) is 2.21. The number of hydrogen-bond donors (Lipinski definition) is 1. The van der Waals surface area contributed by atoms with Gasteiger partial charge in [-0.25, -0.2) is 0 Å². The summed E-state index contributed by atoms with van der Waals surface area (Å²) in [6, 6.07) is 4.55. The van der Waals surface area contributed by atoms with Crippen LogP contribution in [-0.2, 0) is 0 Å². The average molecular weight is 284 g/mol. The van der Waals surface area contributed by atoms with E-state index in [1.165, 1.54) is 11.1 Å². The molecule has 1 aromatic carbocycles. The minimum absolute atomic E-state index is 0.105. The fraction of sp³-hybridized carbons (Fsp3) is 0.538. The summed E-state index contributed by atoms with van der Waals surface area (Å²) in [6.45, 7) is 6.38. The SMILES string of the molecule is CNC1CC(C)(C)Oc2c(C)ccc(Br)c21. The summed E-state index contributed by atoms with van der Waals surface area (Å²) in [4.78, 5) is 0. The Morgan fingerprint density at radius 2 is 2.12 bits per heavy atom. The van der Waals surface area contributed by atoms with E-state index in [-0.39, 0.29) is 5.60 Å². The molecule has 0 radical (unpaired) electrons. The van der Waals surface area contributed by atoms with Crippen molar-refractivity contribution < 1.29 is 4.74 Å². The van der Waals surface area contributed by atoms with Crippen molar-refractivity contribution >= 4 is 15.9 Å². The van der Waals surface area contributed by atoms with E-state index in [4.69, 9.17) is 4.74 Å². The molecule has 0 bridgehead atoms. The largest absolute Gasteiger partial charge is 0.487 e. The van der Waals surface area contributed by atoms with Crippen LogP contribution in [0.1, 0.15) is 37.4 Å². The van der Waals surface area contributed by atoms with Crippen LogP contribution in [0.15, 0.2) is 16.6 Å². The molecule has 1 heterocycles. The van der Waals surface area contributed by atoms with Gasteiger partial charge in [0.2, 0.25) is 0 Å². The predicted molar refractivity (Wildman–Crippen MR) is 70.0 cm³/mol. The number of nitrogens with one attached hydrogen (secondary N) is 1. The Labute approximate surface area is 106 Å². The highest BCUT2D eigenvalue weighted by Gasteiger charge is 2.35. The minimum Gasteiger partial charge on any atom is -0.487 e. The summed E-state index contributed by atoms with van der Waals surface area (Å²) in [5, 5.41) is 3.37. The number of benzene rings is 1. The van der Waals surface area contributed by atoms with Gasteiger partial charge in [-0.05, 0) is 39.4 Å². The molecule has 1 aliphatic rings. The van der Waals surface area contributed by atoms with Crippen molar-refractivity contribution in [2.75, 3.05) is 7.05 Å².